The minimum Gasteiger partial charge on any atom is -0.478 e. The molecule has 1 amide bonds. The summed E-state index contributed by atoms with van der Waals surface area (Å²) in [6, 6.07) is 3.90. The predicted octanol–water partition coefficient (Wildman–Crippen LogP) is 1.53. The highest BCUT2D eigenvalue weighted by molar-refractivity contribution is 6.03. The van der Waals surface area contributed by atoms with Gasteiger partial charge in [0.15, 0.2) is 11.9 Å². The van der Waals surface area contributed by atoms with Gasteiger partial charge in [-0.05, 0) is 12.0 Å². The predicted molar refractivity (Wildman–Crippen MR) is 87.5 cm³/mol. The number of esters is 1. The number of hydrogen-bond donors (Lipinski definition) is 0. The van der Waals surface area contributed by atoms with Gasteiger partial charge in [0.25, 0.3) is 11.6 Å². The number of carbonyl (C=O) groups excluding carboxylic acids is 2. The van der Waals surface area contributed by atoms with Gasteiger partial charge in [-0.25, -0.2) is 0 Å². The first kappa shape index (κ1) is 18.7. The zero-order chi connectivity index (χ0) is 18.6. The first-order valence-electron chi connectivity index (χ1n) is 7.76. The average Bonchev–Trinajstić information content (AvgIpc) is 2.56. The third-order valence-electron chi connectivity index (χ3n) is 3.65. The van der Waals surface area contributed by atoms with Crippen molar-refractivity contribution in [2.24, 2.45) is 5.92 Å². The Morgan fingerprint density at radius 3 is 2.72 bits per heavy atom. The molecule has 2 rings (SSSR count). The number of rotatable bonds is 7. The maximum atomic E-state index is 12.6. The molecule has 1 unspecified atom stereocenters. The number of benzene rings is 1. The number of hydrogen-bond acceptors (Lipinski definition) is 7. The van der Waals surface area contributed by atoms with Crippen molar-refractivity contribution in [1.82, 2.24) is 0 Å². The minimum absolute atomic E-state index is 0.0780. The van der Waals surface area contributed by atoms with Crippen LogP contribution in [0, 0.1) is 16.0 Å². The summed E-state index contributed by atoms with van der Waals surface area (Å²) in [6.07, 6.45) is -0.832. The maximum absolute atomic E-state index is 12.6. The van der Waals surface area contributed by atoms with Crippen molar-refractivity contribution in [3.8, 4) is 5.75 Å². The highest BCUT2D eigenvalue weighted by atomic mass is 16.6. The van der Waals surface area contributed by atoms with Crippen LogP contribution < -0.4 is 9.64 Å². The van der Waals surface area contributed by atoms with E-state index in [0.29, 0.717) is 5.69 Å². The van der Waals surface area contributed by atoms with Gasteiger partial charge in [-0.15, -0.1) is 0 Å². The molecule has 1 aliphatic rings. The Balaban J connectivity index is 2.29. The molecule has 9 heteroatoms. The Bertz CT molecular complexity index is 674. The summed E-state index contributed by atoms with van der Waals surface area (Å²) < 4.78 is 15.4. The zero-order valence-electron chi connectivity index (χ0n) is 14.3. The Hall–Kier alpha value is -2.68. The number of nitro benzene ring substituents is 1. The molecular formula is C16H20N2O7. The second-order valence-corrected chi connectivity index (χ2v) is 5.83. The number of nitrogens with zero attached hydrogens (tertiary/aromatic N) is 2. The van der Waals surface area contributed by atoms with Crippen molar-refractivity contribution < 1.29 is 28.7 Å². The molecule has 0 N–H and O–H groups in total. The second-order valence-electron chi connectivity index (χ2n) is 5.83. The summed E-state index contributed by atoms with van der Waals surface area (Å²) >= 11 is 0. The van der Waals surface area contributed by atoms with Gasteiger partial charge in [-0.1, -0.05) is 13.8 Å². The van der Waals surface area contributed by atoms with Crippen LogP contribution in [0.1, 0.15) is 13.8 Å². The van der Waals surface area contributed by atoms with Gasteiger partial charge in [0.2, 0.25) is 0 Å². The van der Waals surface area contributed by atoms with Gasteiger partial charge in [0, 0.05) is 13.2 Å². The van der Waals surface area contributed by atoms with Crippen LogP contribution in [0.5, 0.6) is 5.75 Å². The van der Waals surface area contributed by atoms with Gasteiger partial charge in [-0.3, -0.25) is 24.6 Å². The van der Waals surface area contributed by atoms with Crippen LogP contribution in [0.25, 0.3) is 0 Å². The van der Waals surface area contributed by atoms with Crippen molar-refractivity contribution in [2.75, 3.05) is 31.8 Å². The lowest BCUT2D eigenvalue weighted by molar-refractivity contribution is -0.384. The summed E-state index contributed by atoms with van der Waals surface area (Å²) in [5.74, 6) is -0.969. The normalized spacial score (nSPS) is 16.4. The largest absolute Gasteiger partial charge is 0.478 e. The molecule has 0 fully saturated rings. The second kappa shape index (κ2) is 7.93. The highest BCUT2D eigenvalue weighted by Gasteiger charge is 2.38. The molecule has 1 aromatic carbocycles. The fourth-order valence-corrected chi connectivity index (χ4v) is 2.39. The van der Waals surface area contributed by atoms with E-state index in [0.717, 1.165) is 0 Å². The van der Waals surface area contributed by atoms with Crippen molar-refractivity contribution in [2.45, 2.75) is 20.0 Å². The molecule has 0 spiro atoms. The van der Waals surface area contributed by atoms with Crippen LogP contribution in [0.2, 0.25) is 0 Å². The lowest BCUT2D eigenvalue weighted by atomic mass is 10.0. The summed E-state index contributed by atoms with van der Waals surface area (Å²) in [5, 5.41) is 11.0. The number of anilines is 1. The summed E-state index contributed by atoms with van der Waals surface area (Å²) in [7, 11) is 1.48. The topological polar surface area (TPSA) is 108 Å². The fourth-order valence-electron chi connectivity index (χ4n) is 2.39. The average molecular weight is 352 g/mol. The Morgan fingerprint density at radius 2 is 2.12 bits per heavy atom. The monoisotopic (exact) mass is 352 g/mol. The third kappa shape index (κ3) is 4.24. The van der Waals surface area contributed by atoms with E-state index in [1.807, 2.05) is 0 Å². The van der Waals surface area contributed by atoms with E-state index < -0.39 is 17.0 Å². The molecule has 1 heterocycles. The molecule has 0 radical (unpaired) electrons. The smallest absolute Gasteiger partial charge is 0.326 e. The van der Waals surface area contributed by atoms with E-state index >= 15 is 0 Å². The lowest BCUT2D eigenvalue weighted by Crippen LogP contribution is -2.50. The number of non-ortho nitro benzene ring substituents is 1. The number of ether oxygens (including phenoxy) is 3. The third-order valence-corrected chi connectivity index (χ3v) is 3.65. The minimum atomic E-state index is -0.832. The Kier molecular flexibility index (Phi) is 5.92. The van der Waals surface area contributed by atoms with Gasteiger partial charge < -0.3 is 14.2 Å². The standard InChI is InChI=1S/C16H20N2O7/c1-10(2)15-16(20)17(9-14(19)24-7-6-23-3)12-5-4-11(18(21)22)8-13(12)25-15/h4-5,8,10,15H,6-7,9H2,1-3H3. The van der Waals surface area contributed by atoms with Crippen molar-refractivity contribution in [3.63, 3.8) is 0 Å². The van der Waals surface area contributed by atoms with E-state index in [9.17, 15) is 19.7 Å². The number of fused-ring (bicyclic) bond motifs is 1. The lowest BCUT2D eigenvalue weighted by Gasteiger charge is -2.35. The molecule has 0 aliphatic carbocycles. The molecule has 1 aromatic rings. The van der Waals surface area contributed by atoms with Gasteiger partial charge in [0.1, 0.15) is 13.2 Å². The molecule has 136 valence electrons. The SMILES string of the molecule is COCCOC(=O)CN1C(=O)C(C(C)C)Oc2cc([N+](=O)[O-])ccc21. The number of methoxy groups -OCH3 is 1. The Labute approximate surface area is 144 Å². The van der Waals surface area contributed by atoms with Crippen LogP contribution in [0.3, 0.4) is 0 Å². The number of nitro groups is 1. The van der Waals surface area contributed by atoms with Gasteiger partial charge in [-0.2, -0.15) is 0 Å². The molecule has 1 atom stereocenters. The molecule has 0 saturated carbocycles. The van der Waals surface area contributed by atoms with E-state index in [2.05, 4.69) is 0 Å². The van der Waals surface area contributed by atoms with Crippen molar-refractivity contribution in [1.29, 1.82) is 0 Å². The molecule has 1 aliphatic heterocycles. The summed E-state index contributed by atoms with van der Waals surface area (Å²) in [4.78, 5) is 36.3. The van der Waals surface area contributed by atoms with Crippen LogP contribution in [0.4, 0.5) is 11.4 Å². The molecule has 0 saturated heterocycles. The van der Waals surface area contributed by atoms with E-state index in [4.69, 9.17) is 14.2 Å². The molecular weight excluding hydrogens is 332 g/mol. The maximum Gasteiger partial charge on any atom is 0.326 e. The molecule has 9 nitrogen and oxygen atoms in total. The van der Waals surface area contributed by atoms with E-state index in [1.165, 1.54) is 30.2 Å². The van der Waals surface area contributed by atoms with Crippen molar-refractivity contribution in [3.05, 3.63) is 28.3 Å². The fraction of sp³-hybridized carbons (Fsp3) is 0.500. The molecule has 25 heavy (non-hydrogen) atoms. The first-order chi connectivity index (χ1) is 11.8. The van der Waals surface area contributed by atoms with E-state index in [-0.39, 0.29) is 43.0 Å². The summed E-state index contributed by atoms with van der Waals surface area (Å²) in [5.41, 5.74) is 0.148. The zero-order valence-corrected chi connectivity index (χ0v) is 14.3. The van der Waals surface area contributed by atoms with Crippen molar-refractivity contribution >= 4 is 23.3 Å². The van der Waals surface area contributed by atoms with Crippen LogP contribution in [-0.2, 0) is 19.1 Å². The summed E-state index contributed by atoms with van der Waals surface area (Å²) in [6.45, 7) is 3.61. The molecule has 0 bridgehead atoms. The van der Waals surface area contributed by atoms with Gasteiger partial charge in [0.05, 0.1) is 23.3 Å². The van der Waals surface area contributed by atoms with Crippen LogP contribution in [-0.4, -0.2) is 49.8 Å². The van der Waals surface area contributed by atoms with Crippen LogP contribution in [0.15, 0.2) is 18.2 Å². The van der Waals surface area contributed by atoms with Gasteiger partial charge >= 0.3 is 5.97 Å². The first-order valence-corrected chi connectivity index (χ1v) is 7.76. The number of carbonyl (C=O) groups is 2. The molecule has 0 aromatic heterocycles. The van der Waals surface area contributed by atoms with E-state index in [1.54, 1.807) is 13.8 Å². The highest BCUT2D eigenvalue weighted by Crippen LogP contribution is 2.38. The number of amides is 1. The quantitative estimate of drug-likeness (QED) is 0.317. The van der Waals surface area contributed by atoms with Crippen LogP contribution >= 0.6 is 0 Å². The Morgan fingerprint density at radius 1 is 1.40 bits per heavy atom.